The highest BCUT2D eigenvalue weighted by atomic mass is 16.7. The van der Waals surface area contributed by atoms with E-state index in [1.165, 1.54) is 25.9 Å². The van der Waals surface area contributed by atoms with E-state index in [0.717, 1.165) is 35.8 Å². The standard InChI is InChI=1S/C17H21N5O/c1-21-14-5-3-2-4-13(14)18-16(21)19-15-10-17(23-20-15)11-22-8-6-12(17)7-9-22/h2-5,12H,6-11H2,1H3,(H,18,19,20). The van der Waals surface area contributed by atoms with Gasteiger partial charge in [-0.25, -0.2) is 4.98 Å². The molecule has 23 heavy (non-hydrogen) atoms. The molecular weight excluding hydrogens is 290 g/mol. The van der Waals surface area contributed by atoms with Crippen molar-refractivity contribution in [2.75, 3.05) is 19.6 Å². The molecule has 0 radical (unpaired) electrons. The zero-order valence-corrected chi connectivity index (χ0v) is 13.3. The minimum absolute atomic E-state index is 0.0834. The van der Waals surface area contributed by atoms with Crippen LogP contribution in [0, 0.1) is 5.92 Å². The third-order valence-corrected chi connectivity index (χ3v) is 5.66. The Balaban J connectivity index is 1.46. The number of para-hydroxylation sites is 2. The van der Waals surface area contributed by atoms with Crippen molar-refractivity contribution in [3.05, 3.63) is 24.3 Å². The number of aliphatic imine (C=N–C) groups is 1. The lowest BCUT2D eigenvalue weighted by atomic mass is 9.74. The van der Waals surface area contributed by atoms with Crippen LogP contribution in [0.2, 0.25) is 0 Å². The van der Waals surface area contributed by atoms with Gasteiger partial charge < -0.3 is 9.47 Å². The third-order valence-electron chi connectivity index (χ3n) is 5.66. The molecule has 4 fully saturated rings. The van der Waals surface area contributed by atoms with Crippen LogP contribution in [0.4, 0.5) is 5.95 Å². The van der Waals surface area contributed by atoms with Crippen LogP contribution in [0.1, 0.15) is 19.3 Å². The number of aryl methyl sites for hydroxylation is 1. The maximum absolute atomic E-state index is 6.05. The molecule has 4 saturated heterocycles. The first-order valence-electron chi connectivity index (χ1n) is 8.39. The molecule has 1 unspecified atom stereocenters. The SMILES string of the molecule is Cn1c(/N=C2/CC3(CN4CCC3CC4)ON2)nc2ccccc21. The Hall–Kier alpha value is -1.92. The van der Waals surface area contributed by atoms with Gasteiger partial charge in [-0.05, 0) is 44.0 Å². The summed E-state index contributed by atoms with van der Waals surface area (Å²) in [5.74, 6) is 2.28. The minimum atomic E-state index is -0.0834. The van der Waals surface area contributed by atoms with Crippen molar-refractivity contribution in [2.45, 2.75) is 24.9 Å². The fourth-order valence-electron chi connectivity index (χ4n) is 4.37. The van der Waals surface area contributed by atoms with E-state index in [9.17, 15) is 0 Å². The van der Waals surface area contributed by atoms with Crippen LogP contribution in [0.3, 0.4) is 0 Å². The molecule has 5 heterocycles. The molecule has 1 aromatic carbocycles. The van der Waals surface area contributed by atoms with Crippen molar-refractivity contribution in [3.63, 3.8) is 0 Å². The van der Waals surface area contributed by atoms with Gasteiger partial charge >= 0.3 is 0 Å². The number of hydrogen-bond donors (Lipinski definition) is 1. The van der Waals surface area contributed by atoms with Gasteiger partial charge in [-0.1, -0.05) is 12.1 Å². The average Bonchev–Trinajstić information content (AvgIpc) is 3.11. The number of piperidine rings is 3. The number of imidazole rings is 1. The quantitative estimate of drug-likeness (QED) is 0.875. The lowest BCUT2D eigenvalue weighted by Gasteiger charge is -2.49. The van der Waals surface area contributed by atoms with E-state index in [2.05, 4.69) is 21.4 Å². The number of amidine groups is 1. The first-order chi connectivity index (χ1) is 11.2. The Kier molecular flexibility index (Phi) is 2.81. The van der Waals surface area contributed by atoms with E-state index in [4.69, 9.17) is 9.83 Å². The summed E-state index contributed by atoms with van der Waals surface area (Å²) in [5, 5.41) is 0. The van der Waals surface area contributed by atoms with Crippen LogP contribution in [0.5, 0.6) is 0 Å². The van der Waals surface area contributed by atoms with Crippen LogP contribution in [0.15, 0.2) is 29.3 Å². The molecule has 6 nitrogen and oxygen atoms in total. The Morgan fingerprint density at radius 3 is 2.87 bits per heavy atom. The van der Waals surface area contributed by atoms with E-state index in [1.807, 2.05) is 29.8 Å². The second-order valence-corrected chi connectivity index (χ2v) is 7.01. The van der Waals surface area contributed by atoms with Gasteiger partial charge in [0.1, 0.15) is 11.4 Å². The number of hydrogen-bond acceptors (Lipinski definition) is 4. The molecule has 2 bridgehead atoms. The molecule has 2 aromatic rings. The number of nitrogens with one attached hydrogen (secondary N) is 1. The predicted molar refractivity (Wildman–Crippen MR) is 88.5 cm³/mol. The highest BCUT2D eigenvalue weighted by Gasteiger charge is 2.52. The third kappa shape index (κ3) is 2.01. The second-order valence-electron chi connectivity index (χ2n) is 7.01. The maximum Gasteiger partial charge on any atom is 0.232 e. The molecule has 1 aromatic heterocycles. The molecule has 0 saturated carbocycles. The highest BCUT2D eigenvalue weighted by Crippen LogP contribution is 2.42. The smallest absolute Gasteiger partial charge is 0.232 e. The number of benzene rings is 1. The maximum atomic E-state index is 6.05. The summed E-state index contributed by atoms with van der Waals surface area (Å²) in [6.45, 7) is 3.45. The van der Waals surface area contributed by atoms with Crippen LogP contribution in [-0.2, 0) is 11.9 Å². The van der Waals surface area contributed by atoms with Crippen LogP contribution in [-0.4, -0.2) is 45.5 Å². The van der Waals surface area contributed by atoms with Crippen molar-refractivity contribution < 1.29 is 4.84 Å². The molecule has 6 heteroatoms. The molecule has 1 atom stereocenters. The second kappa shape index (κ2) is 4.79. The van der Waals surface area contributed by atoms with Gasteiger partial charge in [0.25, 0.3) is 0 Å². The summed E-state index contributed by atoms with van der Waals surface area (Å²) in [7, 11) is 2.01. The first kappa shape index (κ1) is 13.5. The van der Waals surface area contributed by atoms with Gasteiger partial charge in [0, 0.05) is 20.0 Å². The number of fused-ring (bicyclic) bond motifs is 3. The molecule has 1 spiro atoms. The summed E-state index contributed by atoms with van der Waals surface area (Å²) in [6.07, 6.45) is 3.33. The largest absolute Gasteiger partial charge is 0.311 e. The zero-order valence-electron chi connectivity index (χ0n) is 13.3. The van der Waals surface area contributed by atoms with Crippen molar-refractivity contribution >= 4 is 22.8 Å². The minimum Gasteiger partial charge on any atom is -0.311 e. The summed E-state index contributed by atoms with van der Waals surface area (Å²) < 4.78 is 2.03. The van der Waals surface area contributed by atoms with Gasteiger partial charge in [-0.15, -0.1) is 0 Å². The van der Waals surface area contributed by atoms with Crippen molar-refractivity contribution in [3.8, 4) is 0 Å². The summed E-state index contributed by atoms with van der Waals surface area (Å²) in [5.41, 5.74) is 5.09. The molecule has 4 aliphatic rings. The first-order valence-corrected chi connectivity index (χ1v) is 8.39. The Bertz CT molecular complexity index is 789. The van der Waals surface area contributed by atoms with Gasteiger partial charge in [0.2, 0.25) is 5.95 Å². The lowest BCUT2D eigenvalue weighted by Crippen LogP contribution is -2.59. The highest BCUT2D eigenvalue weighted by molar-refractivity contribution is 5.87. The molecule has 4 aliphatic heterocycles. The Morgan fingerprint density at radius 1 is 1.30 bits per heavy atom. The number of nitrogens with zero attached hydrogens (tertiary/aromatic N) is 4. The molecule has 0 aliphatic carbocycles. The fourth-order valence-corrected chi connectivity index (χ4v) is 4.37. The molecule has 6 rings (SSSR count). The molecule has 0 amide bonds. The van der Waals surface area contributed by atoms with Crippen LogP contribution in [0.25, 0.3) is 11.0 Å². The Morgan fingerprint density at radius 2 is 2.13 bits per heavy atom. The van der Waals surface area contributed by atoms with Gasteiger partial charge in [0.15, 0.2) is 0 Å². The van der Waals surface area contributed by atoms with Crippen LogP contribution >= 0.6 is 0 Å². The Labute approximate surface area is 135 Å². The van der Waals surface area contributed by atoms with Crippen molar-refractivity contribution in [1.29, 1.82) is 0 Å². The van der Waals surface area contributed by atoms with E-state index < -0.39 is 0 Å². The fraction of sp³-hybridized carbons (Fsp3) is 0.529. The zero-order chi connectivity index (χ0) is 15.4. The molecular formula is C17H21N5O. The van der Waals surface area contributed by atoms with E-state index in [-0.39, 0.29) is 5.60 Å². The molecule has 120 valence electrons. The van der Waals surface area contributed by atoms with Gasteiger partial charge in [-0.2, -0.15) is 4.99 Å². The monoisotopic (exact) mass is 311 g/mol. The lowest BCUT2D eigenvalue weighted by molar-refractivity contribution is -0.150. The summed E-state index contributed by atoms with van der Waals surface area (Å²) in [4.78, 5) is 17.9. The summed E-state index contributed by atoms with van der Waals surface area (Å²) >= 11 is 0. The normalized spacial score (nSPS) is 34.6. The van der Waals surface area contributed by atoms with Crippen molar-refractivity contribution in [1.82, 2.24) is 19.9 Å². The summed E-state index contributed by atoms with van der Waals surface area (Å²) in [6, 6.07) is 8.12. The van der Waals surface area contributed by atoms with E-state index >= 15 is 0 Å². The predicted octanol–water partition coefficient (Wildman–Crippen LogP) is 1.99. The van der Waals surface area contributed by atoms with E-state index in [1.54, 1.807) is 0 Å². The molecule has 1 N–H and O–H groups in total. The number of hydroxylamine groups is 1. The van der Waals surface area contributed by atoms with Gasteiger partial charge in [-0.3, -0.25) is 10.3 Å². The van der Waals surface area contributed by atoms with E-state index in [0.29, 0.717) is 5.92 Å². The average molecular weight is 311 g/mol. The number of aromatic nitrogens is 2. The number of rotatable bonds is 1. The van der Waals surface area contributed by atoms with Crippen LogP contribution < -0.4 is 5.48 Å². The topological polar surface area (TPSA) is 54.7 Å². The van der Waals surface area contributed by atoms with Gasteiger partial charge in [0.05, 0.1) is 11.0 Å². The van der Waals surface area contributed by atoms with Crippen molar-refractivity contribution in [2.24, 2.45) is 18.0 Å².